The molecule has 0 amide bonds. The van der Waals surface area contributed by atoms with Crippen molar-refractivity contribution in [1.29, 1.82) is 0 Å². The monoisotopic (exact) mass is 431 g/mol. The van der Waals surface area contributed by atoms with Crippen molar-refractivity contribution in [3.63, 3.8) is 0 Å². The van der Waals surface area contributed by atoms with Crippen LogP contribution in [0.15, 0.2) is 12.1 Å². The number of methoxy groups -OCH3 is 1. The molecule has 3 aliphatic carbocycles. The Labute approximate surface area is 169 Å². The van der Waals surface area contributed by atoms with Crippen molar-refractivity contribution in [3.8, 4) is 5.75 Å². The van der Waals surface area contributed by atoms with Crippen LogP contribution in [0.3, 0.4) is 0 Å². The second-order valence-electron chi connectivity index (χ2n) is 8.69. The van der Waals surface area contributed by atoms with Crippen LogP contribution in [0.4, 0.5) is 8.78 Å². The Hall–Kier alpha value is -1.29. The molecular weight excluding hydrogens is 405 g/mol. The molecule has 0 saturated heterocycles. The van der Waals surface area contributed by atoms with Gasteiger partial charge in [0.1, 0.15) is 12.3 Å². The Kier molecular flexibility index (Phi) is 5.38. The number of halogens is 2. The Morgan fingerprint density at radius 3 is 2.76 bits per heavy atom. The standard InChI is InChI=1S/C20H26F2O6S/c1-20-6-5-12-13(15(20)9-17(22)19(20)28-29(23,24)25)4-3-11-7-18(27-10-26-2)16(21)8-14(11)12/h7-8,12-13,15,17,19H,3-6,9-10H2,1-2H3,(H,23,24,25)/t12-,13+,15-,17+,19-,20-/m0/s1/i22-1. The predicted molar refractivity (Wildman–Crippen MR) is 100 cm³/mol. The van der Waals surface area contributed by atoms with E-state index in [1.165, 1.54) is 13.2 Å². The molecule has 2 fully saturated rings. The summed E-state index contributed by atoms with van der Waals surface area (Å²) in [6.07, 6.45) is 0.277. The van der Waals surface area contributed by atoms with Crippen molar-refractivity contribution in [2.24, 2.45) is 17.3 Å². The third kappa shape index (κ3) is 3.66. The molecular formula is C20H26F2O6S. The zero-order chi connectivity index (χ0) is 21.0. The van der Waals surface area contributed by atoms with Crippen LogP contribution in [0.1, 0.15) is 49.7 Å². The summed E-state index contributed by atoms with van der Waals surface area (Å²) in [5.74, 6) is -0.184. The van der Waals surface area contributed by atoms with Crippen LogP contribution in [-0.4, -0.2) is 39.1 Å². The third-order valence-corrected chi connectivity index (χ3v) is 7.68. The van der Waals surface area contributed by atoms with Gasteiger partial charge in [-0.1, -0.05) is 6.92 Å². The first-order chi connectivity index (χ1) is 13.6. The molecule has 0 radical (unpaired) electrons. The summed E-state index contributed by atoms with van der Waals surface area (Å²) >= 11 is 0. The number of rotatable bonds is 5. The zero-order valence-electron chi connectivity index (χ0n) is 16.4. The van der Waals surface area contributed by atoms with E-state index >= 15 is 0 Å². The molecule has 1 N–H and O–H groups in total. The second kappa shape index (κ2) is 7.44. The lowest BCUT2D eigenvalue weighted by Crippen LogP contribution is -2.46. The molecule has 2 saturated carbocycles. The van der Waals surface area contributed by atoms with E-state index in [9.17, 15) is 17.2 Å². The minimum atomic E-state index is -4.74. The van der Waals surface area contributed by atoms with E-state index in [0.717, 1.165) is 17.5 Å². The average molecular weight is 431 g/mol. The van der Waals surface area contributed by atoms with Gasteiger partial charge in [-0.3, -0.25) is 4.55 Å². The topological polar surface area (TPSA) is 82.1 Å². The van der Waals surface area contributed by atoms with Gasteiger partial charge in [0.05, 0.1) is 0 Å². The Morgan fingerprint density at radius 2 is 2.07 bits per heavy atom. The summed E-state index contributed by atoms with van der Waals surface area (Å²) in [5.41, 5.74) is 1.27. The van der Waals surface area contributed by atoms with Gasteiger partial charge in [0, 0.05) is 12.5 Å². The lowest BCUT2D eigenvalue weighted by Gasteiger charge is -2.50. The van der Waals surface area contributed by atoms with E-state index in [1.54, 1.807) is 6.07 Å². The Bertz CT molecular complexity index is 891. The maximum Gasteiger partial charge on any atom is 0.397 e. The number of benzene rings is 1. The summed E-state index contributed by atoms with van der Waals surface area (Å²) in [6.45, 7) is 1.82. The molecule has 0 unspecified atom stereocenters. The molecule has 0 aliphatic heterocycles. The molecule has 3 aliphatic rings. The maximum atomic E-state index is 14.8. The van der Waals surface area contributed by atoms with Crippen molar-refractivity contribution in [1.82, 2.24) is 0 Å². The number of hydrogen-bond donors (Lipinski definition) is 1. The van der Waals surface area contributed by atoms with Gasteiger partial charge < -0.3 is 9.47 Å². The van der Waals surface area contributed by atoms with E-state index in [0.29, 0.717) is 19.3 Å². The quantitative estimate of drug-likeness (QED) is 0.564. The van der Waals surface area contributed by atoms with Crippen LogP contribution in [-0.2, 0) is 25.7 Å². The van der Waals surface area contributed by atoms with Gasteiger partial charge >= 0.3 is 10.4 Å². The summed E-state index contributed by atoms with van der Waals surface area (Å²) in [4.78, 5) is 0. The van der Waals surface area contributed by atoms with E-state index < -0.39 is 33.9 Å². The van der Waals surface area contributed by atoms with Crippen LogP contribution < -0.4 is 4.74 Å². The molecule has 1 aromatic carbocycles. The highest BCUT2D eigenvalue weighted by Crippen LogP contribution is 2.62. The lowest BCUT2D eigenvalue weighted by molar-refractivity contribution is -0.0242. The van der Waals surface area contributed by atoms with E-state index in [1.807, 2.05) is 6.92 Å². The smallest absolute Gasteiger partial charge is 0.397 e. The molecule has 0 aromatic heterocycles. The Balaban J connectivity index is 1.62. The molecule has 6 atom stereocenters. The van der Waals surface area contributed by atoms with Gasteiger partial charge in [0.25, 0.3) is 0 Å². The molecule has 0 bridgehead atoms. The molecule has 162 valence electrons. The second-order valence-corrected chi connectivity index (χ2v) is 9.74. The molecule has 4 rings (SSSR count). The van der Waals surface area contributed by atoms with Crippen molar-refractivity contribution in [3.05, 3.63) is 29.1 Å². The van der Waals surface area contributed by atoms with Crippen LogP contribution in [0.5, 0.6) is 5.75 Å². The Morgan fingerprint density at radius 1 is 1.31 bits per heavy atom. The van der Waals surface area contributed by atoms with Crippen LogP contribution in [0.2, 0.25) is 0 Å². The highest BCUT2D eigenvalue weighted by molar-refractivity contribution is 7.80. The maximum absolute atomic E-state index is 14.8. The normalized spacial score (nSPS) is 36.2. The number of ether oxygens (including phenoxy) is 2. The van der Waals surface area contributed by atoms with Crippen LogP contribution in [0.25, 0.3) is 0 Å². The predicted octanol–water partition coefficient (Wildman–Crippen LogP) is 3.80. The van der Waals surface area contributed by atoms with Crippen LogP contribution in [0, 0.1) is 23.1 Å². The molecule has 1 aromatic rings. The molecule has 0 spiro atoms. The fraction of sp³-hybridized carbons (Fsp3) is 0.700. The average Bonchev–Trinajstić information content (AvgIpc) is 2.89. The highest BCUT2D eigenvalue weighted by Gasteiger charge is 2.60. The minimum Gasteiger partial charge on any atom is -0.464 e. The first kappa shape index (κ1) is 21.0. The molecule has 0 heterocycles. The third-order valence-electron chi connectivity index (χ3n) is 7.23. The van der Waals surface area contributed by atoms with Gasteiger partial charge in [0.15, 0.2) is 18.4 Å². The van der Waals surface area contributed by atoms with E-state index in [-0.39, 0.29) is 36.7 Å². The number of alkyl halides is 1. The van der Waals surface area contributed by atoms with Crippen molar-refractivity contribution in [2.45, 2.75) is 57.2 Å². The van der Waals surface area contributed by atoms with Crippen molar-refractivity contribution in [2.75, 3.05) is 13.9 Å². The van der Waals surface area contributed by atoms with Gasteiger partial charge in [-0.05, 0) is 73.1 Å². The molecule has 6 nitrogen and oxygen atoms in total. The van der Waals surface area contributed by atoms with Crippen molar-refractivity contribution < 1.29 is 35.4 Å². The van der Waals surface area contributed by atoms with Gasteiger partial charge in [0.2, 0.25) is 0 Å². The largest absolute Gasteiger partial charge is 0.464 e. The number of fused-ring (bicyclic) bond motifs is 5. The number of hydrogen-bond acceptors (Lipinski definition) is 5. The number of aryl methyl sites for hydroxylation is 1. The summed E-state index contributed by atoms with van der Waals surface area (Å²) in [6, 6.07) is 3.25. The summed E-state index contributed by atoms with van der Waals surface area (Å²) in [5, 5.41) is 0. The van der Waals surface area contributed by atoms with Gasteiger partial charge in [-0.2, -0.15) is 8.42 Å². The lowest BCUT2D eigenvalue weighted by atomic mass is 9.55. The van der Waals surface area contributed by atoms with Gasteiger partial charge in [-0.25, -0.2) is 13.0 Å². The van der Waals surface area contributed by atoms with E-state index in [2.05, 4.69) is 0 Å². The molecule has 29 heavy (non-hydrogen) atoms. The SMILES string of the molecule is COCOc1cc2c(cc1F)[C@H]1CC[C@@]3(C)[C@@H](C[C@@H]([18F])[C@@H]3OS(=O)(=O)O)[C@@H]1CC2. The van der Waals surface area contributed by atoms with Crippen molar-refractivity contribution >= 4 is 10.4 Å². The fourth-order valence-electron chi connectivity index (χ4n) is 6.03. The van der Waals surface area contributed by atoms with Gasteiger partial charge in [-0.15, -0.1) is 0 Å². The zero-order valence-corrected chi connectivity index (χ0v) is 17.3. The highest BCUT2D eigenvalue weighted by atomic mass is 32.3. The summed E-state index contributed by atoms with van der Waals surface area (Å²) in [7, 11) is -3.27. The minimum absolute atomic E-state index is 0.0325. The van der Waals surface area contributed by atoms with E-state index in [4.69, 9.17) is 18.2 Å². The van der Waals surface area contributed by atoms with Crippen LogP contribution >= 0.6 is 0 Å². The summed E-state index contributed by atoms with van der Waals surface area (Å²) < 4.78 is 75.8. The first-order valence-corrected chi connectivity index (χ1v) is 11.2. The first-order valence-electron chi connectivity index (χ1n) is 9.88. The molecule has 9 heteroatoms. The fourth-order valence-corrected chi connectivity index (χ4v) is 6.63.